The van der Waals surface area contributed by atoms with Gasteiger partial charge in [0.15, 0.2) is 4.34 Å². The van der Waals surface area contributed by atoms with Crippen molar-refractivity contribution in [2.24, 2.45) is 0 Å². The molecular formula is C13H11N3S2. The molecule has 5 heteroatoms. The van der Waals surface area contributed by atoms with Crippen LogP contribution in [0.15, 0.2) is 45.1 Å². The van der Waals surface area contributed by atoms with E-state index in [-0.39, 0.29) is 0 Å². The Balaban J connectivity index is 2.17. The van der Waals surface area contributed by atoms with Gasteiger partial charge in [-0.3, -0.25) is 4.98 Å². The number of aryl methyl sites for hydroxylation is 1. The van der Waals surface area contributed by atoms with Crippen LogP contribution in [0.3, 0.4) is 0 Å². The van der Waals surface area contributed by atoms with Crippen molar-refractivity contribution in [3.63, 3.8) is 0 Å². The molecule has 0 spiro atoms. The van der Waals surface area contributed by atoms with Gasteiger partial charge in [0.05, 0.1) is 5.52 Å². The topological polar surface area (TPSA) is 51.8 Å². The number of nitrogens with two attached hydrogens (primary N) is 1. The molecule has 0 amide bonds. The lowest BCUT2D eigenvalue weighted by Crippen LogP contribution is -1.90. The van der Waals surface area contributed by atoms with Gasteiger partial charge < -0.3 is 5.73 Å². The summed E-state index contributed by atoms with van der Waals surface area (Å²) < 4.78 is 1.03. The van der Waals surface area contributed by atoms with Crippen LogP contribution in [-0.2, 0) is 0 Å². The zero-order valence-electron chi connectivity index (χ0n) is 9.75. The highest BCUT2D eigenvalue weighted by Crippen LogP contribution is 2.35. The predicted octanol–water partition coefficient (Wildman–Crippen LogP) is 3.73. The van der Waals surface area contributed by atoms with Crippen molar-refractivity contribution in [3.05, 3.63) is 41.5 Å². The maximum Gasteiger partial charge on any atom is 0.154 e. The third-order valence-corrected chi connectivity index (χ3v) is 4.47. The van der Waals surface area contributed by atoms with Gasteiger partial charge in [0, 0.05) is 33.2 Å². The minimum Gasteiger partial charge on any atom is -0.399 e. The largest absolute Gasteiger partial charge is 0.399 e. The van der Waals surface area contributed by atoms with E-state index >= 15 is 0 Å². The number of fused-ring (bicyclic) bond motifs is 1. The molecular weight excluding hydrogens is 262 g/mol. The summed E-state index contributed by atoms with van der Waals surface area (Å²) in [5.74, 6) is 0. The fourth-order valence-corrected chi connectivity index (χ4v) is 3.57. The smallest absolute Gasteiger partial charge is 0.154 e. The first-order chi connectivity index (χ1) is 8.72. The number of nitrogen functional groups attached to an aromatic ring is 1. The Morgan fingerprint density at radius 2 is 2.17 bits per heavy atom. The average molecular weight is 273 g/mol. The van der Waals surface area contributed by atoms with E-state index in [2.05, 4.69) is 16.0 Å². The normalized spacial score (nSPS) is 10.9. The van der Waals surface area contributed by atoms with Crippen LogP contribution >= 0.6 is 23.1 Å². The molecule has 0 aliphatic rings. The number of hydrogen-bond acceptors (Lipinski definition) is 5. The minimum atomic E-state index is 0.758. The summed E-state index contributed by atoms with van der Waals surface area (Å²) in [5, 5.41) is 3.06. The lowest BCUT2D eigenvalue weighted by Gasteiger charge is -2.06. The Bertz CT molecular complexity index is 693. The fraction of sp³-hybridized carbons (Fsp3) is 0.0769. The first-order valence-electron chi connectivity index (χ1n) is 5.46. The number of benzene rings is 1. The van der Waals surface area contributed by atoms with Gasteiger partial charge in [0.1, 0.15) is 0 Å². The summed E-state index contributed by atoms with van der Waals surface area (Å²) in [7, 11) is 0. The molecule has 0 saturated heterocycles. The Kier molecular flexibility index (Phi) is 2.93. The van der Waals surface area contributed by atoms with Gasteiger partial charge in [-0.2, -0.15) is 0 Å². The monoisotopic (exact) mass is 273 g/mol. The van der Waals surface area contributed by atoms with Gasteiger partial charge in [-0.15, -0.1) is 11.3 Å². The van der Waals surface area contributed by atoms with Crippen LogP contribution in [0.4, 0.5) is 5.69 Å². The van der Waals surface area contributed by atoms with Gasteiger partial charge in [0.25, 0.3) is 0 Å². The number of nitrogens with zero attached hydrogens (tertiary/aromatic N) is 2. The van der Waals surface area contributed by atoms with Crippen LogP contribution in [0.25, 0.3) is 10.9 Å². The standard InChI is InChI=1S/C13H11N3S2/c1-8-6-12(18-13-15-4-5-17-13)10-7-9(14)2-3-11(10)16-8/h2-7H,14H2,1H3. The summed E-state index contributed by atoms with van der Waals surface area (Å²) in [5.41, 5.74) is 8.59. The van der Waals surface area contributed by atoms with Crippen LogP contribution in [0.2, 0.25) is 0 Å². The molecule has 2 N–H and O–H groups in total. The highest BCUT2D eigenvalue weighted by atomic mass is 32.2. The fourth-order valence-electron chi connectivity index (χ4n) is 1.78. The highest BCUT2D eigenvalue weighted by Gasteiger charge is 2.07. The van der Waals surface area contributed by atoms with Crippen molar-refractivity contribution in [1.29, 1.82) is 0 Å². The first kappa shape index (κ1) is 11.5. The second-order valence-electron chi connectivity index (χ2n) is 3.94. The van der Waals surface area contributed by atoms with Crippen LogP contribution in [0.1, 0.15) is 5.69 Å². The number of rotatable bonds is 2. The zero-order chi connectivity index (χ0) is 12.5. The number of hydrogen-bond donors (Lipinski definition) is 1. The molecule has 0 radical (unpaired) electrons. The van der Waals surface area contributed by atoms with Crippen molar-refractivity contribution in [2.45, 2.75) is 16.2 Å². The third-order valence-electron chi connectivity index (χ3n) is 2.53. The van der Waals surface area contributed by atoms with E-state index in [0.29, 0.717) is 0 Å². The number of thiazole rings is 1. The Morgan fingerprint density at radius 1 is 1.28 bits per heavy atom. The van der Waals surface area contributed by atoms with E-state index in [1.807, 2.05) is 36.7 Å². The molecule has 3 nitrogen and oxygen atoms in total. The molecule has 2 aromatic heterocycles. The molecule has 0 aliphatic carbocycles. The lowest BCUT2D eigenvalue weighted by atomic mass is 10.2. The second-order valence-corrected chi connectivity index (χ2v) is 6.12. The van der Waals surface area contributed by atoms with Crippen molar-refractivity contribution < 1.29 is 0 Å². The molecule has 3 aromatic rings. The molecule has 0 aliphatic heterocycles. The van der Waals surface area contributed by atoms with Crippen LogP contribution in [0, 0.1) is 6.92 Å². The second kappa shape index (κ2) is 4.59. The van der Waals surface area contributed by atoms with Crippen LogP contribution in [0.5, 0.6) is 0 Å². The molecule has 90 valence electrons. The maximum atomic E-state index is 5.85. The van der Waals surface area contributed by atoms with Gasteiger partial charge in [0.2, 0.25) is 0 Å². The first-order valence-corrected chi connectivity index (χ1v) is 7.16. The summed E-state index contributed by atoms with van der Waals surface area (Å²) in [6, 6.07) is 7.89. The average Bonchev–Trinajstić information content (AvgIpc) is 2.83. The summed E-state index contributed by atoms with van der Waals surface area (Å²) in [6.07, 6.45) is 1.82. The Morgan fingerprint density at radius 3 is 2.94 bits per heavy atom. The lowest BCUT2D eigenvalue weighted by molar-refractivity contribution is 1.21. The molecule has 0 fully saturated rings. The molecule has 0 bridgehead atoms. The van der Waals surface area contributed by atoms with E-state index in [9.17, 15) is 0 Å². The minimum absolute atomic E-state index is 0.758. The van der Waals surface area contributed by atoms with Crippen molar-refractivity contribution in [1.82, 2.24) is 9.97 Å². The quantitative estimate of drug-likeness (QED) is 0.723. The summed E-state index contributed by atoms with van der Waals surface area (Å²) in [4.78, 5) is 9.97. The van der Waals surface area contributed by atoms with Gasteiger partial charge >= 0.3 is 0 Å². The van der Waals surface area contributed by atoms with Gasteiger partial charge in [-0.1, -0.05) is 11.8 Å². The number of anilines is 1. The molecule has 1 aromatic carbocycles. The van der Waals surface area contributed by atoms with E-state index in [1.165, 1.54) is 0 Å². The zero-order valence-corrected chi connectivity index (χ0v) is 11.4. The van der Waals surface area contributed by atoms with E-state index in [4.69, 9.17) is 5.73 Å². The van der Waals surface area contributed by atoms with Crippen molar-refractivity contribution in [3.8, 4) is 0 Å². The van der Waals surface area contributed by atoms with Crippen LogP contribution < -0.4 is 5.73 Å². The van der Waals surface area contributed by atoms with E-state index in [0.717, 1.165) is 31.5 Å². The van der Waals surface area contributed by atoms with E-state index < -0.39 is 0 Å². The summed E-state index contributed by atoms with van der Waals surface area (Å²) >= 11 is 3.30. The number of aromatic nitrogens is 2. The molecule has 18 heavy (non-hydrogen) atoms. The SMILES string of the molecule is Cc1cc(Sc2nccs2)c2cc(N)ccc2n1. The highest BCUT2D eigenvalue weighted by molar-refractivity contribution is 8.01. The maximum absolute atomic E-state index is 5.85. The Hall–Kier alpha value is -1.59. The van der Waals surface area contributed by atoms with Gasteiger partial charge in [-0.25, -0.2) is 4.98 Å². The molecule has 2 heterocycles. The van der Waals surface area contributed by atoms with Crippen molar-refractivity contribution >= 4 is 39.7 Å². The predicted molar refractivity (Wildman–Crippen MR) is 77.1 cm³/mol. The molecule has 0 unspecified atom stereocenters. The van der Waals surface area contributed by atoms with Crippen LogP contribution in [-0.4, -0.2) is 9.97 Å². The van der Waals surface area contributed by atoms with Gasteiger partial charge in [-0.05, 0) is 31.2 Å². The molecule has 3 rings (SSSR count). The third kappa shape index (κ3) is 2.19. The molecule has 0 atom stereocenters. The Labute approximate surface area is 113 Å². The van der Waals surface area contributed by atoms with E-state index in [1.54, 1.807) is 23.1 Å². The number of pyridine rings is 1. The summed E-state index contributed by atoms with van der Waals surface area (Å²) in [6.45, 7) is 2.00. The van der Waals surface area contributed by atoms with Crippen molar-refractivity contribution in [2.75, 3.05) is 5.73 Å². The molecule has 0 saturated carbocycles.